The summed E-state index contributed by atoms with van der Waals surface area (Å²) in [7, 11) is 0. The number of carbonyl (C=O) groups is 1. The van der Waals surface area contributed by atoms with Gasteiger partial charge in [0.15, 0.2) is 0 Å². The van der Waals surface area contributed by atoms with E-state index in [0.29, 0.717) is 25.1 Å². The topological polar surface area (TPSA) is 109 Å². The minimum atomic E-state index is -0.612. The summed E-state index contributed by atoms with van der Waals surface area (Å²) in [5, 5.41) is 19.7. The SMILES string of the molecule is Cc1ccc(C(=O)N2CCC(Cc3ccccc3CN)[C@H](O)C2)c(OCCO)n1. The Morgan fingerprint density at radius 3 is 2.72 bits per heavy atom. The van der Waals surface area contributed by atoms with Crippen molar-refractivity contribution < 1.29 is 19.7 Å². The molecule has 2 aromatic rings. The van der Waals surface area contributed by atoms with Gasteiger partial charge in [-0.3, -0.25) is 4.79 Å². The standard InChI is InChI=1S/C22H29N3O4/c1-15-6-7-19(21(24-15)29-11-10-26)22(28)25-9-8-17(20(27)14-25)12-16-4-2-3-5-18(16)13-23/h2-7,17,20,26-27H,8-14,23H2,1H3/t17?,20-/m1/s1. The molecule has 4 N–H and O–H groups in total. The lowest BCUT2D eigenvalue weighted by molar-refractivity contribution is 0.0194. The first kappa shape index (κ1) is 21.2. The van der Waals surface area contributed by atoms with Crippen molar-refractivity contribution in [1.82, 2.24) is 9.88 Å². The van der Waals surface area contributed by atoms with Gasteiger partial charge in [0.2, 0.25) is 5.88 Å². The molecule has 1 fully saturated rings. The van der Waals surface area contributed by atoms with Crippen LogP contribution in [0.5, 0.6) is 5.88 Å². The lowest BCUT2D eigenvalue weighted by Gasteiger charge is -2.36. The number of β-amino-alcohol motifs (C(OH)–C–C–N with tert-alkyl or cyclic N) is 1. The minimum absolute atomic E-state index is 0.0714. The molecular weight excluding hydrogens is 370 g/mol. The van der Waals surface area contributed by atoms with Crippen molar-refractivity contribution >= 4 is 5.91 Å². The molecule has 1 saturated heterocycles. The second-order valence-electron chi connectivity index (χ2n) is 7.42. The molecule has 1 aliphatic heterocycles. The van der Waals surface area contributed by atoms with E-state index >= 15 is 0 Å². The number of aliphatic hydroxyl groups excluding tert-OH is 2. The van der Waals surface area contributed by atoms with Gasteiger partial charge >= 0.3 is 0 Å². The van der Waals surface area contributed by atoms with E-state index in [0.717, 1.165) is 23.2 Å². The van der Waals surface area contributed by atoms with Crippen molar-refractivity contribution in [2.24, 2.45) is 11.7 Å². The number of aryl methyl sites for hydroxylation is 1. The fraction of sp³-hybridized carbons (Fsp3) is 0.455. The molecule has 1 aromatic heterocycles. The van der Waals surface area contributed by atoms with Gasteiger partial charge < -0.3 is 25.6 Å². The quantitative estimate of drug-likeness (QED) is 0.647. The van der Waals surface area contributed by atoms with Crippen LogP contribution < -0.4 is 10.5 Å². The number of benzene rings is 1. The molecule has 1 aliphatic rings. The Labute approximate surface area is 171 Å². The number of ether oxygens (including phenoxy) is 1. The molecule has 156 valence electrons. The zero-order valence-electron chi connectivity index (χ0n) is 16.8. The number of hydrogen-bond acceptors (Lipinski definition) is 6. The molecule has 0 saturated carbocycles. The molecule has 1 unspecified atom stereocenters. The molecule has 7 heteroatoms. The highest BCUT2D eigenvalue weighted by Gasteiger charge is 2.32. The van der Waals surface area contributed by atoms with Gasteiger partial charge in [0.05, 0.1) is 12.7 Å². The van der Waals surface area contributed by atoms with Crippen LogP contribution in [-0.2, 0) is 13.0 Å². The van der Waals surface area contributed by atoms with Crippen molar-refractivity contribution in [3.8, 4) is 5.88 Å². The first-order valence-electron chi connectivity index (χ1n) is 9.99. The van der Waals surface area contributed by atoms with Gasteiger partial charge in [-0.1, -0.05) is 24.3 Å². The van der Waals surface area contributed by atoms with Gasteiger partial charge in [-0.15, -0.1) is 0 Å². The Kier molecular flexibility index (Phi) is 7.19. The predicted molar refractivity (Wildman–Crippen MR) is 110 cm³/mol. The Balaban J connectivity index is 1.68. The van der Waals surface area contributed by atoms with Crippen molar-refractivity contribution in [2.45, 2.75) is 32.4 Å². The lowest BCUT2D eigenvalue weighted by atomic mass is 9.86. The highest BCUT2D eigenvalue weighted by atomic mass is 16.5. The zero-order valence-corrected chi connectivity index (χ0v) is 16.8. The summed E-state index contributed by atoms with van der Waals surface area (Å²) in [6, 6.07) is 11.5. The van der Waals surface area contributed by atoms with Crippen LogP contribution in [0.1, 0.15) is 33.6 Å². The third kappa shape index (κ3) is 5.12. The summed E-state index contributed by atoms with van der Waals surface area (Å²) in [5.41, 5.74) is 9.15. The molecule has 29 heavy (non-hydrogen) atoms. The third-order valence-corrected chi connectivity index (χ3v) is 5.39. The molecule has 0 spiro atoms. The summed E-state index contributed by atoms with van der Waals surface area (Å²) >= 11 is 0. The number of nitrogens with two attached hydrogens (primary N) is 1. The lowest BCUT2D eigenvalue weighted by Crippen LogP contribution is -2.47. The second kappa shape index (κ2) is 9.82. The van der Waals surface area contributed by atoms with E-state index in [1.165, 1.54) is 0 Å². The molecule has 7 nitrogen and oxygen atoms in total. The van der Waals surface area contributed by atoms with E-state index < -0.39 is 6.10 Å². The highest BCUT2D eigenvalue weighted by molar-refractivity contribution is 5.96. The van der Waals surface area contributed by atoms with E-state index in [-0.39, 0.29) is 37.5 Å². The van der Waals surface area contributed by atoms with Crippen LogP contribution in [0.2, 0.25) is 0 Å². The summed E-state index contributed by atoms with van der Waals surface area (Å²) in [6.45, 7) is 3.02. The third-order valence-electron chi connectivity index (χ3n) is 5.39. The van der Waals surface area contributed by atoms with E-state index in [4.69, 9.17) is 15.6 Å². The maximum Gasteiger partial charge on any atom is 0.259 e. The Bertz CT molecular complexity index is 843. The van der Waals surface area contributed by atoms with Crippen LogP contribution in [-0.4, -0.2) is 58.4 Å². The molecule has 3 rings (SSSR count). The van der Waals surface area contributed by atoms with Gasteiger partial charge in [0.25, 0.3) is 5.91 Å². The largest absolute Gasteiger partial charge is 0.475 e. The number of hydrogen-bond donors (Lipinski definition) is 3. The summed E-state index contributed by atoms with van der Waals surface area (Å²) in [4.78, 5) is 18.9. The number of rotatable bonds is 7. The number of piperidine rings is 1. The van der Waals surface area contributed by atoms with Crippen molar-refractivity contribution in [1.29, 1.82) is 0 Å². The van der Waals surface area contributed by atoms with E-state index in [1.807, 2.05) is 25.1 Å². The summed E-state index contributed by atoms with van der Waals surface area (Å²) in [5.74, 6) is 0.0795. The van der Waals surface area contributed by atoms with Crippen LogP contribution in [0.25, 0.3) is 0 Å². The van der Waals surface area contributed by atoms with Gasteiger partial charge in [0, 0.05) is 25.3 Å². The Morgan fingerprint density at radius 2 is 2.03 bits per heavy atom. The molecule has 1 amide bonds. The van der Waals surface area contributed by atoms with E-state index in [2.05, 4.69) is 11.1 Å². The average Bonchev–Trinajstić information content (AvgIpc) is 2.73. The minimum Gasteiger partial charge on any atom is -0.475 e. The number of aromatic nitrogens is 1. The van der Waals surface area contributed by atoms with Gasteiger partial charge in [-0.25, -0.2) is 4.98 Å². The Morgan fingerprint density at radius 1 is 1.28 bits per heavy atom. The molecular formula is C22H29N3O4. The number of likely N-dealkylation sites (tertiary alicyclic amines) is 1. The van der Waals surface area contributed by atoms with Crippen LogP contribution in [0.3, 0.4) is 0 Å². The first-order valence-corrected chi connectivity index (χ1v) is 9.99. The second-order valence-corrected chi connectivity index (χ2v) is 7.42. The maximum absolute atomic E-state index is 13.0. The van der Waals surface area contributed by atoms with Crippen LogP contribution in [0.4, 0.5) is 0 Å². The summed E-state index contributed by atoms with van der Waals surface area (Å²) < 4.78 is 5.45. The number of aliphatic hydroxyl groups is 2. The predicted octanol–water partition coefficient (Wildman–Crippen LogP) is 1.29. The Hall–Kier alpha value is -2.48. The number of amides is 1. The highest BCUT2D eigenvalue weighted by Crippen LogP contribution is 2.26. The van der Waals surface area contributed by atoms with Crippen molar-refractivity contribution in [3.05, 3.63) is 58.8 Å². The average molecular weight is 399 g/mol. The molecule has 0 bridgehead atoms. The van der Waals surface area contributed by atoms with Crippen LogP contribution in [0.15, 0.2) is 36.4 Å². The van der Waals surface area contributed by atoms with Gasteiger partial charge in [0.1, 0.15) is 12.2 Å². The first-order chi connectivity index (χ1) is 14.0. The fourth-order valence-electron chi connectivity index (χ4n) is 3.76. The number of nitrogens with zero attached hydrogens (tertiary/aromatic N) is 2. The van der Waals surface area contributed by atoms with Crippen LogP contribution >= 0.6 is 0 Å². The molecule has 0 radical (unpaired) electrons. The molecule has 2 atom stereocenters. The summed E-state index contributed by atoms with van der Waals surface area (Å²) in [6.07, 6.45) is 0.838. The number of carbonyl (C=O) groups excluding carboxylic acids is 1. The zero-order chi connectivity index (χ0) is 20.8. The molecule has 2 heterocycles. The smallest absolute Gasteiger partial charge is 0.259 e. The van der Waals surface area contributed by atoms with E-state index in [1.54, 1.807) is 17.0 Å². The van der Waals surface area contributed by atoms with Crippen LogP contribution in [0, 0.1) is 12.8 Å². The maximum atomic E-state index is 13.0. The molecule has 1 aromatic carbocycles. The van der Waals surface area contributed by atoms with Crippen molar-refractivity contribution in [3.63, 3.8) is 0 Å². The van der Waals surface area contributed by atoms with Crippen molar-refractivity contribution in [2.75, 3.05) is 26.3 Å². The van der Waals surface area contributed by atoms with Gasteiger partial charge in [-0.05, 0) is 48.9 Å². The van der Waals surface area contributed by atoms with E-state index in [9.17, 15) is 9.90 Å². The number of pyridine rings is 1. The monoisotopic (exact) mass is 399 g/mol. The normalized spacial score (nSPS) is 19.2. The fourth-order valence-corrected chi connectivity index (χ4v) is 3.76. The molecule has 0 aliphatic carbocycles. The van der Waals surface area contributed by atoms with Gasteiger partial charge in [-0.2, -0.15) is 0 Å².